The van der Waals surface area contributed by atoms with Crippen LogP contribution in [0.15, 0.2) is 122 Å². The average molecular weight is 1100 g/mol. The zero-order chi connectivity index (χ0) is 57.1. The van der Waals surface area contributed by atoms with Crippen molar-refractivity contribution in [1.29, 1.82) is 0 Å². The number of hydrogen-bond acceptors (Lipinski definition) is 6. The minimum atomic E-state index is -0.823. The first kappa shape index (κ1) is 74.8. The summed E-state index contributed by atoms with van der Waals surface area (Å²) in [5, 5.41) is 0. The maximum Gasteiger partial charge on any atom is 0.306 e. The van der Waals surface area contributed by atoms with Crippen molar-refractivity contribution in [2.75, 3.05) is 13.2 Å². The van der Waals surface area contributed by atoms with Crippen LogP contribution in [0.4, 0.5) is 0 Å². The molecule has 0 bridgehead atoms. The van der Waals surface area contributed by atoms with Crippen molar-refractivity contribution >= 4 is 17.9 Å². The van der Waals surface area contributed by atoms with Crippen molar-refractivity contribution in [2.24, 2.45) is 0 Å². The molecule has 0 aliphatic rings. The SMILES string of the molecule is CC/C=C\C/C=C\C/C=C\C/C=C\CCCCCCC(=O)OC(COC(=O)CC/C=C\C/C=C\C/C=C\C/C=C\CC)COC(=O)CCCCCCCCCCCCCCCCCCCCC/C=C\C/C=C\CCCCCCC. The number of esters is 3. The Morgan fingerprint density at radius 3 is 0.848 bits per heavy atom. The van der Waals surface area contributed by atoms with Crippen molar-refractivity contribution in [3.05, 3.63) is 122 Å². The van der Waals surface area contributed by atoms with Crippen molar-refractivity contribution < 1.29 is 28.6 Å². The zero-order valence-corrected chi connectivity index (χ0v) is 51.6. The molecule has 79 heavy (non-hydrogen) atoms. The van der Waals surface area contributed by atoms with Gasteiger partial charge in [-0.15, -0.1) is 0 Å². The second kappa shape index (κ2) is 66.3. The van der Waals surface area contributed by atoms with Gasteiger partial charge in [0, 0.05) is 19.3 Å². The highest BCUT2D eigenvalue weighted by atomic mass is 16.6. The van der Waals surface area contributed by atoms with E-state index in [1.807, 2.05) is 6.08 Å². The minimum absolute atomic E-state index is 0.111. The molecule has 0 rings (SSSR count). The number of carbonyl (C=O) groups is 3. The van der Waals surface area contributed by atoms with E-state index in [4.69, 9.17) is 14.2 Å². The van der Waals surface area contributed by atoms with Crippen LogP contribution in [0.2, 0.25) is 0 Å². The Kier molecular flexibility index (Phi) is 62.8. The molecule has 1 unspecified atom stereocenters. The topological polar surface area (TPSA) is 78.9 Å². The van der Waals surface area contributed by atoms with Crippen LogP contribution in [0.25, 0.3) is 0 Å². The van der Waals surface area contributed by atoms with E-state index < -0.39 is 6.10 Å². The lowest BCUT2D eigenvalue weighted by atomic mass is 10.0. The molecular formula is C73H122O6. The highest BCUT2D eigenvalue weighted by Gasteiger charge is 2.19. The van der Waals surface area contributed by atoms with E-state index in [2.05, 4.69) is 136 Å². The third-order valence-electron chi connectivity index (χ3n) is 13.9. The van der Waals surface area contributed by atoms with Crippen LogP contribution in [0.3, 0.4) is 0 Å². The molecule has 450 valence electrons. The fraction of sp³-hybridized carbons (Fsp3) is 0.685. The molecule has 0 spiro atoms. The van der Waals surface area contributed by atoms with Crippen LogP contribution in [-0.4, -0.2) is 37.2 Å². The van der Waals surface area contributed by atoms with E-state index in [-0.39, 0.29) is 44.0 Å². The molecule has 0 aromatic heterocycles. The highest BCUT2D eigenvalue weighted by Crippen LogP contribution is 2.16. The normalized spacial score (nSPS) is 12.9. The molecule has 0 saturated heterocycles. The Bertz CT molecular complexity index is 1640. The Labute approximate surface area is 488 Å². The number of hydrogen-bond donors (Lipinski definition) is 0. The average Bonchev–Trinajstić information content (AvgIpc) is 3.45. The van der Waals surface area contributed by atoms with Gasteiger partial charge in [0.25, 0.3) is 0 Å². The first-order valence-electron chi connectivity index (χ1n) is 33.0. The van der Waals surface area contributed by atoms with E-state index in [0.717, 1.165) is 109 Å². The summed E-state index contributed by atoms with van der Waals surface area (Å²) >= 11 is 0. The summed E-state index contributed by atoms with van der Waals surface area (Å²) in [6.07, 6.45) is 92.5. The minimum Gasteiger partial charge on any atom is -0.462 e. The molecule has 1 atom stereocenters. The van der Waals surface area contributed by atoms with Crippen LogP contribution < -0.4 is 0 Å². The summed E-state index contributed by atoms with van der Waals surface area (Å²) in [6.45, 7) is 6.33. The van der Waals surface area contributed by atoms with Crippen LogP contribution in [0.1, 0.15) is 303 Å². The number of carbonyl (C=O) groups excluding carboxylic acids is 3. The van der Waals surface area contributed by atoms with Gasteiger partial charge < -0.3 is 14.2 Å². The molecule has 0 aromatic carbocycles. The molecule has 0 aliphatic carbocycles. The van der Waals surface area contributed by atoms with Crippen LogP contribution in [-0.2, 0) is 28.6 Å². The van der Waals surface area contributed by atoms with Crippen LogP contribution in [0.5, 0.6) is 0 Å². The maximum atomic E-state index is 12.9. The zero-order valence-electron chi connectivity index (χ0n) is 51.6. The van der Waals surface area contributed by atoms with Gasteiger partial charge in [-0.05, 0) is 116 Å². The molecule has 6 nitrogen and oxygen atoms in total. The van der Waals surface area contributed by atoms with Gasteiger partial charge in [0.2, 0.25) is 0 Å². The first-order valence-corrected chi connectivity index (χ1v) is 33.0. The van der Waals surface area contributed by atoms with Crippen LogP contribution in [0, 0.1) is 0 Å². The second-order valence-corrected chi connectivity index (χ2v) is 21.6. The highest BCUT2D eigenvalue weighted by molar-refractivity contribution is 5.71. The Morgan fingerprint density at radius 2 is 0.519 bits per heavy atom. The molecule has 6 heteroatoms. The van der Waals surface area contributed by atoms with E-state index in [0.29, 0.717) is 12.8 Å². The Hall–Kier alpha value is -4.19. The van der Waals surface area contributed by atoms with Gasteiger partial charge >= 0.3 is 17.9 Å². The Morgan fingerprint density at radius 1 is 0.266 bits per heavy atom. The van der Waals surface area contributed by atoms with E-state index >= 15 is 0 Å². The van der Waals surface area contributed by atoms with E-state index in [1.54, 1.807) is 0 Å². The number of rotatable bonds is 59. The predicted octanol–water partition coefficient (Wildman–Crippen LogP) is 22.8. The lowest BCUT2D eigenvalue weighted by Gasteiger charge is -2.18. The molecule has 0 amide bonds. The second-order valence-electron chi connectivity index (χ2n) is 21.6. The first-order chi connectivity index (χ1) is 39.0. The molecule has 0 N–H and O–H groups in total. The molecule has 0 heterocycles. The lowest BCUT2D eigenvalue weighted by molar-refractivity contribution is -0.166. The standard InChI is InChI=1S/C73H122O6/c1-4-7-10-13-16-19-22-25-27-29-30-31-32-33-34-35-36-37-38-39-40-41-42-44-45-48-51-54-57-60-63-66-72(75)78-69-70(68-77-71(74)65-62-59-56-53-50-47-24-21-18-15-12-9-6-3)79-73(76)67-64-61-58-55-52-49-46-43-28-26-23-20-17-14-11-8-5-2/h8-9,11-12,17-18,20-22,25-26,28-30,46-47,49-50,56,59,70H,4-7,10,13-16,19,23-24,27,31-45,48,51-55,57-58,60-69H2,1-3H3/b11-8-,12-9-,20-17-,21-18-,25-22-,28-26-,30-29-,49-46-,50-47-,59-56-. The van der Waals surface area contributed by atoms with Crippen molar-refractivity contribution in [3.63, 3.8) is 0 Å². The molecular weight excluding hydrogens is 973 g/mol. The molecule has 0 radical (unpaired) electrons. The maximum absolute atomic E-state index is 12.9. The quantitative estimate of drug-likeness (QED) is 0.0261. The summed E-state index contributed by atoms with van der Waals surface area (Å²) in [5.41, 5.74) is 0. The van der Waals surface area contributed by atoms with Gasteiger partial charge in [0.05, 0.1) is 0 Å². The monoisotopic (exact) mass is 1090 g/mol. The van der Waals surface area contributed by atoms with Crippen molar-refractivity contribution in [1.82, 2.24) is 0 Å². The largest absolute Gasteiger partial charge is 0.462 e. The summed E-state index contributed by atoms with van der Waals surface area (Å²) in [4.78, 5) is 38.2. The molecule has 0 fully saturated rings. The fourth-order valence-electron chi connectivity index (χ4n) is 9.07. The van der Waals surface area contributed by atoms with E-state index in [9.17, 15) is 14.4 Å². The van der Waals surface area contributed by atoms with Gasteiger partial charge in [0.15, 0.2) is 6.10 Å². The number of ether oxygens (including phenoxy) is 3. The summed E-state index contributed by atoms with van der Waals surface area (Å²) in [7, 11) is 0. The lowest BCUT2D eigenvalue weighted by Crippen LogP contribution is -2.30. The number of unbranched alkanes of at least 4 members (excludes halogenated alkanes) is 28. The molecule has 0 saturated carbocycles. The third-order valence-corrected chi connectivity index (χ3v) is 13.9. The Balaban J connectivity index is 4.25. The van der Waals surface area contributed by atoms with Gasteiger partial charge in [-0.3, -0.25) is 14.4 Å². The van der Waals surface area contributed by atoms with Gasteiger partial charge in [-0.2, -0.15) is 0 Å². The smallest absolute Gasteiger partial charge is 0.306 e. The van der Waals surface area contributed by atoms with Crippen LogP contribution >= 0.6 is 0 Å². The third kappa shape index (κ3) is 64.5. The van der Waals surface area contributed by atoms with Crippen molar-refractivity contribution in [3.8, 4) is 0 Å². The summed E-state index contributed by atoms with van der Waals surface area (Å²) < 4.78 is 16.8. The molecule has 0 aromatic rings. The molecule has 0 aliphatic heterocycles. The fourth-order valence-corrected chi connectivity index (χ4v) is 9.07. The van der Waals surface area contributed by atoms with Gasteiger partial charge in [0.1, 0.15) is 13.2 Å². The van der Waals surface area contributed by atoms with Crippen molar-refractivity contribution in [2.45, 2.75) is 309 Å². The number of allylic oxidation sites excluding steroid dienone is 20. The van der Waals surface area contributed by atoms with Gasteiger partial charge in [-0.1, -0.05) is 290 Å². The van der Waals surface area contributed by atoms with E-state index in [1.165, 1.54) is 148 Å². The summed E-state index contributed by atoms with van der Waals surface area (Å²) in [6, 6.07) is 0. The summed E-state index contributed by atoms with van der Waals surface area (Å²) in [5.74, 6) is -1.02. The van der Waals surface area contributed by atoms with Gasteiger partial charge in [-0.25, -0.2) is 0 Å². The predicted molar refractivity (Wildman–Crippen MR) is 343 cm³/mol.